The molecule has 0 radical (unpaired) electrons. The van der Waals surface area contributed by atoms with E-state index >= 15 is 0 Å². The fraction of sp³-hybridized carbons (Fsp3) is 0.806. The molecular formula is C62H102O13Si. The second kappa shape index (κ2) is 25.8. The van der Waals surface area contributed by atoms with Gasteiger partial charge in [0, 0.05) is 63.6 Å². The van der Waals surface area contributed by atoms with Gasteiger partial charge in [-0.3, -0.25) is 0 Å². The van der Waals surface area contributed by atoms with E-state index in [0.717, 1.165) is 42.6 Å². The van der Waals surface area contributed by atoms with Gasteiger partial charge in [-0.25, -0.2) is 0 Å². The van der Waals surface area contributed by atoms with Gasteiger partial charge in [0.05, 0.1) is 56.9 Å². The van der Waals surface area contributed by atoms with E-state index in [1.807, 2.05) is 18.2 Å². The number of hydrogen-bond acceptors (Lipinski definition) is 13. The van der Waals surface area contributed by atoms with Crippen molar-refractivity contribution in [1.29, 1.82) is 0 Å². The molecule has 0 saturated carbocycles. The SMILES string of the molecule is C=CCC(O)[C@@]1(C[C@H](C)[C@@H](C)CO[Si](C(C)C)(C(C)C)C(C)C)CCC(COCOC)=C[C@@H]1[C@@H]1O[C@]2(C[C@H]3CCC[C@]4(CC[C@@]5(O[C@H](CC(O)C=C)CC[C@@]5(C)OCCc5ccc(OC)cc5)O4)O3)C[C@@H](C)[C@@H](O)[C@H]1O2. The summed E-state index contributed by atoms with van der Waals surface area (Å²) >= 11 is 0. The summed E-state index contributed by atoms with van der Waals surface area (Å²) in [5.74, 6) is -2.27. The average Bonchev–Trinajstić information content (AvgIpc) is 3.90. The van der Waals surface area contributed by atoms with E-state index in [1.165, 1.54) is 0 Å². The first-order valence-corrected chi connectivity index (χ1v) is 31.6. The van der Waals surface area contributed by atoms with Crippen LogP contribution in [0.25, 0.3) is 0 Å². The van der Waals surface area contributed by atoms with Crippen LogP contribution < -0.4 is 4.74 Å². The van der Waals surface area contributed by atoms with Crippen LogP contribution in [0.2, 0.25) is 16.6 Å². The first kappa shape index (κ1) is 61.6. The van der Waals surface area contributed by atoms with Crippen molar-refractivity contribution in [3.05, 3.63) is 66.8 Å². The highest BCUT2D eigenvalue weighted by atomic mass is 28.4. The summed E-state index contributed by atoms with van der Waals surface area (Å²) in [4.78, 5) is 0. The van der Waals surface area contributed by atoms with Crippen LogP contribution in [0.1, 0.15) is 165 Å². The Morgan fingerprint density at radius 2 is 1.55 bits per heavy atom. The molecule has 13 nitrogen and oxygen atoms in total. The summed E-state index contributed by atoms with van der Waals surface area (Å²) in [5, 5.41) is 35.6. The Balaban J connectivity index is 1.14. The highest BCUT2D eigenvalue weighted by Gasteiger charge is 2.66. The first-order chi connectivity index (χ1) is 36.1. The molecule has 14 heteroatoms. The van der Waals surface area contributed by atoms with Crippen molar-refractivity contribution >= 4 is 8.32 Å². The molecule has 16 atom stereocenters. The predicted octanol–water partition coefficient (Wildman–Crippen LogP) is 11.9. The van der Waals surface area contributed by atoms with Gasteiger partial charge < -0.3 is 62.4 Å². The molecule has 1 aromatic rings. The Hall–Kier alpha value is -2.02. The van der Waals surface area contributed by atoms with Crippen molar-refractivity contribution in [3.63, 3.8) is 0 Å². The highest BCUT2D eigenvalue weighted by Crippen LogP contribution is 2.59. The molecule has 1 aliphatic carbocycles. The molecule has 2 unspecified atom stereocenters. The lowest BCUT2D eigenvalue weighted by molar-refractivity contribution is -0.409. The lowest BCUT2D eigenvalue weighted by Crippen LogP contribution is -2.62. The van der Waals surface area contributed by atoms with Crippen molar-refractivity contribution in [2.24, 2.45) is 29.1 Å². The van der Waals surface area contributed by atoms with Crippen LogP contribution in [0.15, 0.2) is 61.2 Å². The van der Waals surface area contributed by atoms with Crippen molar-refractivity contribution in [2.45, 2.75) is 248 Å². The van der Waals surface area contributed by atoms with Gasteiger partial charge in [-0.15, -0.1) is 13.2 Å². The fourth-order valence-electron chi connectivity index (χ4n) is 15.1. The zero-order chi connectivity index (χ0) is 55.3. The topological polar surface area (TPSA) is 153 Å². The van der Waals surface area contributed by atoms with Crippen LogP contribution in [0.3, 0.4) is 0 Å². The smallest absolute Gasteiger partial charge is 0.200 e. The Bertz CT molecular complexity index is 2030. The zero-order valence-electron chi connectivity index (χ0n) is 48.9. The van der Waals surface area contributed by atoms with E-state index in [9.17, 15) is 15.3 Å². The molecule has 6 aliphatic rings. The molecule has 3 N–H and O–H groups in total. The van der Waals surface area contributed by atoms with Crippen molar-refractivity contribution in [1.82, 2.24) is 0 Å². The Morgan fingerprint density at radius 3 is 2.21 bits per heavy atom. The van der Waals surface area contributed by atoms with E-state index in [1.54, 1.807) is 20.3 Å². The number of ether oxygens (including phenoxy) is 9. The molecule has 432 valence electrons. The molecule has 1 aromatic carbocycles. The van der Waals surface area contributed by atoms with E-state index < -0.39 is 67.2 Å². The number of aliphatic hydroxyl groups is 3. The van der Waals surface area contributed by atoms with E-state index in [0.29, 0.717) is 107 Å². The van der Waals surface area contributed by atoms with Gasteiger partial charge in [0.1, 0.15) is 24.2 Å². The first-order valence-electron chi connectivity index (χ1n) is 29.4. The minimum atomic E-state index is -2.12. The predicted molar refractivity (Wildman–Crippen MR) is 299 cm³/mol. The Morgan fingerprint density at radius 1 is 0.842 bits per heavy atom. The monoisotopic (exact) mass is 1080 g/mol. The second-order valence-corrected chi connectivity index (χ2v) is 31.0. The summed E-state index contributed by atoms with van der Waals surface area (Å²) in [6.45, 7) is 32.6. The van der Waals surface area contributed by atoms with Gasteiger partial charge >= 0.3 is 0 Å². The molecule has 0 aromatic heterocycles. The van der Waals surface area contributed by atoms with Crippen molar-refractivity contribution < 1.29 is 62.4 Å². The number of fused-ring (bicyclic) bond motifs is 2. The summed E-state index contributed by atoms with van der Waals surface area (Å²) < 4.78 is 67.2. The van der Waals surface area contributed by atoms with Gasteiger partial charge in [-0.2, -0.15) is 0 Å². The third-order valence-corrected chi connectivity index (χ3v) is 25.6. The van der Waals surface area contributed by atoms with Crippen LogP contribution in [0, 0.1) is 29.1 Å². The summed E-state index contributed by atoms with van der Waals surface area (Å²) in [7, 11) is 1.18. The number of aliphatic hydroxyl groups excluding tert-OH is 3. The summed E-state index contributed by atoms with van der Waals surface area (Å²) in [6, 6.07) is 8.08. The van der Waals surface area contributed by atoms with Crippen molar-refractivity contribution in [3.8, 4) is 5.75 Å². The summed E-state index contributed by atoms with van der Waals surface area (Å²) in [5.41, 5.74) is 2.30. The van der Waals surface area contributed by atoms with E-state index in [2.05, 4.69) is 101 Å². The minimum Gasteiger partial charge on any atom is -0.497 e. The number of benzene rings is 1. The number of hydrogen-bond donors (Lipinski definition) is 3. The normalized spacial score (nSPS) is 36.4. The molecule has 2 bridgehead atoms. The zero-order valence-corrected chi connectivity index (χ0v) is 49.9. The third kappa shape index (κ3) is 13.0. The maximum absolute atomic E-state index is 12.7. The molecule has 7 rings (SSSR count). The average molecular weight is 1080 g/mol. The molecule has 5 saturated heterocycles. The molecule has 5 fully saturated rings. The Labute approximate surface area is 459 Å². The molecular weight excluding hydrogens is 981 g/mol. The maximum Gasteiger partial charge on any atom is 0.200 e. The molecule has 2 spiro atoms. The van der Waals surface area contributed by atoms with Crippen LogP contribution >= 0.6 is 0 Å². The van der Waals surface area contributed by atoms with E-state index in [-0.39, 0.29) is 42.7 Å². The quantitative estimate of drug-likeness (QED) is 0.0332. The molecule has 5 aliphatic heterocycles. The van der Waals surface area contributed by atoms with Crippen LogP contribution in [-0.2, 0) is 48.7 Å². The molecule has 0 amide bonds. The van der Waals surface area contributed by atoms with E-state index in [4.69, 9.17) is 47.1 Å². The molecule has 5 heterocycles. The van der Waals surface area contributed by atoms with Crippen LogP contribution in [0.5, 0.6) is 5.75 Å². The second-order valence-electron chi connectivity index (χ2n) is 25.5. The lowest BCUT2D eigenvalue weighted by atomic mass is 9.57. The third-order valence-electron chi connectivity index (χ3n) is 19.5. The van der Waals surface area contributed by atoms with Gasteiger partial charge in [0.25, 0.3) is 0 Å². The molecule has 76 heavy (non-hydrogen) atoms. The highest BCUT2D eigenvalue weighted by molar-refractivity contribution is 6.77. The van der Waals surface area contributed by atoms with Gasteiger partial charge in [0.15, 0.2) is 19.9 Å². The van der Waals surface area contributed by atoms with Gasteiger partial charge in [0.2, 0.25) is 5.79 Å². The number of rotatable bonds is 27. The van der Waals surface area contributed by atoms with Crippen molar-refractivity contribution in [2.75, 3.05) is 40.8 Å². The van der Waals surface area contributed by atoms with Crippen LogP contribution in [-0.4, -0.2) is 130 Å². The van der Waals surface area contributed by atoms with Crippen LogP contribution in [0.4, 0.5) is 0 Å². The largest absolute Gasteiger partial charge is 0.497 e. The fourth-order valence-corrected chi connectivity index (χ4v) is 20.7. The lowest BCUT2D eigenvalue weighted by Gasteiger charge is -2.52. The maximum atomic E-state index is 12.7. The Kier molecular flexibility index (Phi) is 20.9. The number of methoxy groups -OCH3 is 2. The standard InChI is InChI=1S/C62H102O13Si/c1-15-18-54(64)59(35-44(9)46(11)38-70-76(41(3)4,42(5)6)43(7)8)29-24-48(39-68-40-66-13)33-53(59)56-57-55(65)45(10)36-61(73-56,74-57)37-52-19-17-27-60(71-52)30-31-62(75-60)58(12,28-25-51(72-62)34-49(63)16-2)69-32-26-47-20-22-50(67-14)23-21-47/h15-16,20-23,33,41-46,49,51-57,63-65H,1-2,17-19,24-32,34-40H2,3-14H3/t44-,45+,46-,49?,51-,52+,53+,54?,55+,56-,57+,58+,59+,60-,61+,62+/m0/s1. The van der Waals surface area contributed by atoms with Gasteiger partial charge in [-0.1, -0.05) is 92.7 Å². The summed E-state index contributed by atoms with van der Waals surface area (Å²) in [6.07, 6.45) is 11.5. The van der Waals surface area contributed by atoms with Gasteiger partial charge in [-0.05, 0) is 122 Å². The minimum absolute atomic E-state index is 0.116.